The van der Waals surface area contributed by atoms with Crippen molar-refractivity contribution in [3.8, 4) is 0 Å². The minimum atomic E-state index is -0.683. The van der Waals surface area contributed by atoms with Crippen molar-refractivity contribution in [3.63, 3.8) is 0 Å². The largest absolute Gasteiger partial charge is 0.397 e. The number of halogens is 2. The fraction of sp³-hybridized carbons (Fsp3) is 0.308. The Labute approximate surface area is 220 Å². The third-order valence-electron chi connectivity index (χ3n) is 5.72. The van der Waals surface area contributed by atoms with Gasteiger partial charge in [-0.2, -0.15) is 5.10 Å². The van der Waals surface area contributed by atoms with Gasteiger partial charge in [-0.1, -0.05) is 43.2 Å². The lowest BCUT2D eigenvalue weighted by molar-refractivity contribution is -0.118. The molecule has 10 heteroatoms. The lowest BCUT2D eigenvalue weighted by atomic mass is 10.1. The van der Waals surface area contributed by atoms with Crippen molar-refractivity contribution in [2.45, 2.75) is 51.6 Å². The molecule has 190 valence electrons. The van der Waals surface area contributed by atoms with Crippen LogP contribution in [-0.2, 0) is 22.6 Å². The van der Waals surface area contributed by atoms with E-state index in [0.29, 0.717) is 39.8 Å². The fourth-order valence-electron chi connectivity index (χ4n) is 3.49. The van der Waals surface area contributed by atoms with E-state index in [1.807, 2.05) is 6.92 Å². The summed E-state index contributed by atoms with van der Waals surface area (Å²) in [5.74, 6) is -0.631. The number of nitrogens with zero attached hydrogens (tertiary/aromatic N) is 2. The maximum absolute atomic E-state index is 12.9. The number of nitrogens with two attached hydrogens (primary N) is 1. The lowest BCUT2D eigenvalue weighted by Gasteiger charge is -2.14. The van der Waals surface area contributed by atoms with Crippen molar-refractivity contribution in [1.82, 2.24) is 20.8 Å². The molecule has 0 fully saturated rings. The molecule has 2 unspecified atom stereocenters. The summed E-state index contributed by atoms with van der Waals surface area (Å²) >= 11 is 12.5. The van der Waals surface area contributed by atoms with Crippen LogP contribution >= 0.6 is 23.2 Å². The number of aromatic nitrogens is 2. The topological polar surface area (TPSA) is 125 Å². The van der Waals surface area contributed by atoms with Gasteiger partial charge in [-0.3, -0.25) is 19.7 Å². The van der Waals surface area contributed by atoms with Gasteiger partial charge in [0.2, 0.25) is 5.91 Å². The average Bonchev–Trinajstić information content (AvgIpc) is 3.19. The number of hydrogen-bond donors (Lipinski definition) is 4. The van der Waals surface area contributed by atoms with E-state index in [1.165, 1.54) is 0 Å². The van der Waals surface area contributed by atoms with Gasteiger partial charge in [-0.05, 0) is 44.5 Å². The highest BCUT2D eigenvalue weighted by molar-refractivity contribution is 6.31. The van der Waals surface area contributed by atoms with Crippen molar-refractivity contribution in [2.24, 2.45) is 4.99 Å². The Kier molecular flexibility index (Phi) is 9.50. The maximum atomic E-state index is 12.9. The molecule has 1 aromatic heterocycles. The second kappa shape index (κ2) is 12.6. The molecule has 1 aliphatic carbocycles. The summed E-state index contributed by atoms with van der Waals surface area (Å²) < 4.78 is 0. The second-order valence-corrected chi connectivity index (χ2v) is 9.37. The Balaban J connectivity index is 1.66. The van der Waals surface area contributed by atoms with Crippen molar-refractivity contribution < 1.29 is 9.59 Å². The maximum Gasteiger partial charge on any atom is 0.251 e. The third kappa shape index (κ3) is 7.08. The highest BCUT2D eigenvalue weighted by atomic mass is 35.5. The number of rotatable bonds is 9. The van der Waals surface area contributed by atoms with Crippen LogP contribution in [0.4, 0.5) is 11.4 Å². The summed E-state index contributed by atoms with van der Waals surface area (Å²) in [5, 5.41) is 12.6. The average molecular weight is 529 g/mol. The molecule has 0 saturated heterocycles. The first kappa shape index (κ1) is 27.2. The minimum Gasteiger partial charge on any atom is -0.397 e. The minimum absolute atomic E-state index is 0.309. The van der Waals surface area contributed by atoms with E-state index < -0.39 is 5.38 Å². The fourth-order valence-corrected chi connectivity index (χ4v) is 3.90. The molecular weight excluding hydrogens is 499 g/mol. The highest BCUT2D eigenvalue weighted by Gasteiger charge is 2.21. The molecular formula is C26H30Cl2N6O2. The molecule has 2 atom stereocenters. The zero-order chi connectivity index (χ0) is 26.2. The number of carbonyl (C=O) groups is 2. The van der Waals surface area contributed by atoms with Crippen LogP contribution in [-0.4, -0.2) is 39.1 Å². The molecule has 1 aromatic carbocycles. The van der Waals surface area contributed by atoms with Crippen molar-refractivity contribution in [3.05, 3.63) is 76.1 Å². The predicted molar refractivity (Wildman–Crippen MR) is 146 cm³/mol. The summed E-state index contributed by atoms with van der Waals surface area (Å²) in [6.45, 7) is 6.03. The molecule has 0 bridgehead atoms. The summed E-state index contributed by atoms with van der Waals surface area (Å²) in [5.41, 5.74) is 10.3. The van der Waals surface area contributed by atoms with E-state index >= 15 is 0 Å². The second-order valence-electron chi connectivity index (χ2n) is 8.46. The number of benzene rings is 1. The summed E-state index contributed by atoms with van der Waals surface area (Å²) in [6.07, 6.45) is 9.90. The van der Waals surface area contributed by atoms with Gasteiger partial charge in [0.25, 0.3) is 5.91 Å². The number of aromatic amines is 1. The number of anilines is 1. The molecule has 8 nitrogen and oxygen atoms in total. The Hall–Kier alpha value is -3.36. The Morgan fingerprint density at radius 3 is 2.81 bits per heavy atom. The molecule has 2 aromatic rings. The number of amides is 2. The standard InChI is InChI=1S/C26H30Cl2N6O2/c1-4-5-23-18(14-31-34-23)13-30-26(36)20-9-6-17(7-10-21(20)28)25(35)33-16(3)15(2)32-24-12-19(27)8-11-22(24)29/h6-12,14,16,21H,4-5,13,29H2,1-3H3,(H,30,36)(H,31,34)(H,33,35). The zero-order valence-corrected chi connectivity index (χ0v) is 22.0. The monoisotopic (exact) mass is 528 g/mol. The number of hydrogen-bond acceptors (Lipinski definition) is 5. The number of aryl methyl sites for hydroxylation is 1. The first-order valence-corrected chi connectivity index (χ1v) is 12.5. The van der Waals surface area contributed by atoms with E-state index in [4.69, 9.17) is 28.9 Å². The van der Waals surface area contributed by atoms with Gasteiger partial charge in [0.05, 0.1) is 29.0 Å². The Morgan fingerprint density at radius 2 is 2.06 bits per heavy atom. The lowest BCUT2D eigenvalue weighted by Crippen LogP contribution is -2.37. The third-order valence-corrected chi connectivity index (χ3v) is 6.33. The zero-order valence-electron chi connectivity index (χ0n) is 20.4. The van der Waals surface area contributed by atoms with Crippen LogP contribution in [0.3, 0.4) is 0 Å². The van der Waals surface area contributed by atoms with E-state index in [2.05, 4.69) is 32.7 Å². The Bertz CT molecular complexity index is 1240. The molecule has 1 heterocycles. The van der Waals surface area contributed by atoms with Crippen molar-refractivity contribution >= 4 is 52.1 Å². The number of nitrogens with one attached hydrogen (secondary N) is 3. The van der Waals surface area contributed by atoms with E-state index in [0.717, 1.165) is 24.1 Å². The van der Waals surface area contributed by atoms with Gasteiger partial charge < -0.3 is 16.4 Å². The number of H-pyrrole nitrogens is 1. The predicted octanol–water partition coefficient (Wildman–Crippen LogP) is 4.54. The summed E-state index contributed by atoms with van der Waals surface area (Å²) in [4.78, 5) is 30.2. The molecule has 2 amide bonds. The molecule has 3 rings (SSSR count). The highest BCUT2D eigenvalue weighted by Crippen LogP contribution is 2.26. The number of nitrogen functional groups attached to an aromatic ring is 1. The first-order chi connectivity index (χ1) is 17.2. The molecule has 0 spiro atoms. The molecule has 36 heavy (non-hydrogen) atoms. The number of allylic oxidation sites excluding steroid dienone is 3. The number of alkyl halides is 1. The van der Waals surface area contributed by atoms with E-state index in [-0.39, 0.29) is 17.9 Å². The van der Waals surface area contributed by atoms with Crippen LogP contribution in [0, 0.1) is 0 Å². The smallest absolute Gasteiger partial charge is 0.251 e. The van der Waals surface area contributed by atoms with Crippen LogP contribution in [0.2, 0.25) is 5.02 Å². The first-order valence-electron chi connectivity index (χ1n) is 11.6. The number of aliphatic imine (C=N–C) groups is 1. The summed E-state index contributed by atoms with van der Waals surface area (Å²) in [6, 6.07) is 4.66. The van der Waals surface area contributed by atoms with Crippen LogP contribution in [0.1, 0.15) is 38.4 Å². The van der Waals surface area contributed by atoms with Gasteiger partial charge >= 0.3 is 0 Å². The quantitative estimate of drug-likeness (QED) is 0.216. The van der Waals surface area contributed by atoms with Gasteiger partial charge in [-0.25, -0.2) is 0 Å². The van der Waals surface area contributed by atoms with Crippen LogP contribution in [0.25, 0.3) is 0 Å². The van der Waals surface area contributed by atoms with E-state index in [1.54, 1.807) is 55.6 Å². The Morgan fingerprint density at radius 1 is 1.28 bits per heavy atom. The van der Waals surface area contributed by atoms with E-state index in [9.17, 15) is 9.59 Å². The number of carbonyl (C=O) groups excluding carboxylic acids is 2. The molecule has 5 N–H and O–H groups in total. The van der Waals surface area contributed by atoms with Crippen LogP contribution in [0.5, 0.6) is 0 Å². The van der Waals surface area contributed by atoms with Crippen molar-refractivity contribution in [2.75, 3.05) is 5.73 Å². The molecule has 0 aliphatic heterocycles. The van der Waals surface area contributed by atoms with Crippen molar-refractivity contribution in [1.29, 1.82) is 0 Å². The van der Waals surface area contributed by atoms with Crippen LogP contribution < -0.4 is 16.4 Å². The van der Waals surface area contributed by atoms with Crippen LogP contribution in [0.15, 0.2) is 64.8 Å². The SMILES string of the molecule is CCCc1[nH]ncc1CNC(=O)C1=CC=C(C(=O)NC(C)C(C)=Nc2cc(Cl)ccc2N)C=CC1Cl. The van der Waals surface area contributed by atoms with Gasteiger partial charge in [0.1, 0.15) is 0 Å². The van der Waals surface area contributed by atoms with Gasteiger partial charge in [-0.15, -0.1) is 11.6 Å². The molecule has 1 aliphatic rings. The molecule has 0 radical (unpaired) electrons. The van der Waals surface area contributed by atoms with Gasteiger partial charge in [0, 0.05) is 39.7 Å². The molecule has 0 saturated carbocycles. The summed E-state index contributed by atoms with van der Waals surface area (Å²) in [7, 11) is 0. The normalized spacial score (nSPS) is 16.6. The van der Waals surface area contributed by atoms with Gasteiger partial charge in [0.15, 0.2) is 0 Å².